The van der Waals surface area contributed by atoms with E-state index in [1.54, 1.807) is 24.3 Å². The Morgan fingerprint density at radius 1 is 0.973 bits per heavy atom. The van der Waals surface area contributed by atoms with E-state index in [1.807, 2.05) is 43.3 Å². The molecule has 0 unspecified atom stereocenters. The molecule has 0 heterocycles. The van der Waals surface area contributed by atoms with Crippen molar-refractivity contribution in [1.29, 1.82) is 0 Å². The predicted octanol–water partition coefficient (Wildman–Crippen LogP) is 4.05. The van der Waals surface area contributed by atoms with Crippen LogP contribution in [0.5, 0.6) is 17.2 Å². The molecule has 0 saturated carbocycles. The number of benzene rings is 3. The monoisotopic (exact) mass is 522 g/mol. The highest BCUT2D eigenvalue weighted by Gasteiger charge is 2.17. The maximum absolute atomic E-state index is 13.0. The highest BCUT2D eigenvalue weighted by molar-refractivity contribution is 6.34. The van der Waals surface area contributed by atoms with E-state index in [1.165, 1.54) is 38.6 Å². The van der Waals surface area contributed by atoms with Crippen LogP contribution >= 0.6 is 11.6 Å². The van der Waals surface area contributed by atoms with Gasteiger partial charge in [-0.2, -0.15) is 5.10 Å². The zero-order chi connectivity index (χ0) is 26.9. The predicted molar refractivity (Wildman–Crippen MR) is 145 cm³/mol. The van der Waals surface area contributed by atoms with Crippen molar-refractivity contribution >= 4 is 41.4 Å². The van der Waals surface area contributed by atoms with E-state index in [-0.39, 0.29) is 33.5 Å². The van der Waals surface area contributed by atoms with Crippen molar-refractivity contribution in [3.63, 3.8) is 0 Å². The third-order valence-corrected chi connectivity index (χ3v) is 5.54. The van der Waals surface area contributed by atoms with Crippen molar-refractivity contribution in [2.75, 3.05) is 33.2 Å². The molecule has 3 aromatic carbocycles. The Bertz CT molecular complexity index is 1310. The maximum Gasteiger partial charge on any atom is 0.287 e. The van der Waals surface area contributed by atoms with Gasteiger partial charge in [0.1, 0.15) is 5.70 Å². The molecule has 0 radical (unpaired) electrons. The molecule has 0 aliphatic carbocycles. The summed E-state index contributed by atoms with van der Waals surface area (Å²) >= 11 is 6.15. The topological polar surface area (TPSA) is 112 Å². The number of amides is 2. The smallest absolute Gasteiger partial charge is 0.287 e. The van der Waals surface area contributed by atoms with E-state index < -0.39 is 11.8 Å². The fourth-order valence-corrected chi connectivity index (χ4v) is 3.46. The number of rotatable bonds is 9. The molecule has 2 amide bonds. The number of nitrogens with one attached hydrogen (secondary N) is 2. The van der Waals surface area contributed by atoms with Crippen LogP contribution in [0.2, 0.25) is 5.02 Å². The van der Waals surface area contributed by atoms with Gasteiger partial charge in [-0.25, -0.2) is 5.43 Å². The highest BCUT2D eigenvalue weighted by atomic mass is 35.5. The molecule has 0 spiro atoms. The lowest BCUT2D eigenvalue weighted by atomic mass is 10.1. The van der Waals surface area contributed by atoms with Crippen LogP contribution in [-0.4, -0.2) is 51.5 Å². The fourth-order valence-electron chi connectivity index (χ4n) is 3.24. The summed E-state index contributed by atoms with van der Waals surface area (Å²) in [5.74, 6) is -0.999. The van der Waals surface area contributed by atoms with Gasteiger partial charge in [-0.1, -0.05) is 35.9 Å². The summed E-state index contributed by atoms with van der Waals surface area (Å²) in [6.07, 6.45) is 2.88. The molecule has 9 nitrogen and oxygen atoms in total. The summed E-state index contributed by atoms with van der Waals surface area (Å²) in [6, 6.07) is 17.0. The van der Waals surface area contributed by atoms with E-state index in [0.717, 1.165) is 5.69 Å². The van der Waals surface area contributed by atoms with Crippen LogP contribution in [0, 0.1) is 0 Å². The van der Waals surface area contributed by atoms with Gasteiger partial charge in [0.2, 0.25) is 5.75 Å². The average molecular weight is 523 g/mol. The molecule has 0 atom stereocenters. The molecule has 3 rings (SSSR count). The van der Waals surface area contributed by atoms with Crippen LogP contribution in [0.1, 0.15) is 21.5 Å². The van der Waals surface area contributed by atoms with Gasteiger partial charge in [0.05, 0.1) is 31.0 Å². The Hall–Kier alpha value is -4.50. The van der Waals surface area contributed by atoms with Crippen molar-refractivity contribution in [3.05, 3.63) is 88.1 Å². The lowest BCUT2D eigenvalue weighted by Crippen LogP contribution is -2.33. The number of phenols is 1. The lowest BCUT2D eigenvalue weighted by molar-refractivity contribution is -0.117. The van der Waals surface area contributed by atoms with Crippen molar-refractivity contribution < 1.29 is 24.2 Å². The number of halogens is 1. The number of nitrogens with zero attached hydrogens (tertiary/aromatic N) is 2. The first-order valence-electron chi connectivity index (χ1n) is 11.1. The second kappa shape index (κ2) is 12.5. The first-order chi connectivity index (χ1) is 17.7. The molecule has 3 N–H and O–H groups in total. The third kappa shape index (κ3) is 7.02. The Morgan fingerprint density at radius 3 is 2.16 bits per heavy atom. The maximum atomic E-state index is 13.0. The lowest BCUT2D eigenvalue weighted by Gasteiger charge is -2.13. The van der Waals surface area contributed by atoms with Crippen LogP contribution in [0.3, 0.4) is 0 Å². The Labute approximate surface area is 220 Å². The number of ether oxygens (including phenoxy) is 2. The minimum atomic E-state index is -0.661. The highest BCUT2D eigenvalue weighted by Crippen LogP contribution is 2.36. The van der Waals surface area contributed by atoms with Gasteiger partial charge < -0.3 is 24.8 Å². The summed E-state index contributed by atoms with van der Waals surface area (Å²) < 4.78 is 10.3. The molecule has 10 heteroatoms. The van der Waals surface area contributed by atoms with Crippen molar-refractivity contribution in [1.82, 2.24) is 10.7 Å². The molecule has 3 aromatic rings. The second-order valence-corrected chi connectivity index (χ2v) is 8.36. The number of carbonyl (C=O) groups excluding carboxylic acids is 2. The first-order valence-corrected chi connectivity index (χ1v) is 11.4. The molecule has 37 heavy (non-hydrogen) atoms. The van der Waals surface area contributed by atoms with Gasteiger partial charge in [0, 0.05) is 25.3 Å². The van der Waals surface area contributed by atoms with E-state index in [2.05, 4.69) is 15.8 Å². The van der Waals surface area contributed by atoms with Gasteiger partial charge in [-0.05, 0) is 48.0 Å². The van der Waals surface area contributed by atoms with Crippen molar-refractivity contribution in [3.8, 4) is 17.2 Å². The summed E-state index contributed by atoms with van der Waals surface area (Å²) in [6.45, 7) is 0. The molecule has 0 aromatic heterocycles. The van der Waals surface area contributed by atoms with Crippen LogP contribution in [0.15, 0.2) is 71.5 Å². The van der Waals surface area contributed by atoms with Gasteiger partial charge in [0.25, 0.3) is 11.8 Å². The summed E-state index contributed by atoms with van der Waals surface area (Å²) in [5.41, 5.74) is 4.75. The number of anilines is 1. The van der Waals surface area contributed by atoms with Crippen molar-refractivity contribution in [2.45, 2.75) is 0 Å². The number of hydrogen-bond donors (Lipinski definition) is 3. The molecular weight excluding hydrogens is 496 g/mol. The molecule has 0 aliphatic heterocycles. The standard InChI is InChI=1S/C27H27ClN4O5/c1-32(2)19-11-9-17(10-12-19)13-22(30-26(34)20-7-5-6-8-21(20)28)27(35)31-29-16-18-14-23(36-3)25(33)24(15-18)37-4/h5-16,33H,1-4H3,(H,30,34)(H,31,35). The Balaban J connectivity index is 1.87. The fraction of sp³-hybridized carbons (Fsp3) is 0.148. The van der Waals surface area contributed by atoms with Crippen LogP contribution in [-0.2, 0) is 4.79 Å². The molecule has 0 saturated heterocycles. The largest absolute Gasteiger partial charge is 0.502 e. The number of methoxy groups -OCH3 is 2. The van der Waals surface area contributed by atoms with Gasteiger partial charge in [-0.3, -0.25) is 9.59 Å². The van der Waals surface area contributed by atoms with E-state index in [4.69, 9.17) is 21.1 Å². The summed E-state index contributed by atoms with van der Waals surface area (Å²) in [7, 11) is 6.65. The molecule has 192 valence electrons. The van der Waals surface area contributed by atoms with Gasteiger partial charge in [0.15, 0.2) is 11.5 Å². The number of carbonyl (C=O) groups is 2. The normalized spacial score (nSPS) is 11.2. The minimum absolute atomic E-state index is 0.0412. The zero-order valence-electron chi connectivity index (χ0n) is 20.8. The van der Waals surface area contributed by atoms with E-state index in [9.17, 15) is 14.7 Å². The third-order valence-electron chi connectivity index (χ3n) is 5.21. The SMILES string of the molecule is COc1cc(C=NNC(=O)C(=Cc2ccc(N(C)C)cc2)NC(=O)c2ccccc2Cl)cc(OC)c1O. The van der Waals surface area contributed by atoms with E-state index >= 15 is 0 Å². The second-order valence-electron chi connectivity index (χ2n) is 7.95. The number of hydrazone groups is 1. The quantitative estimate of drug-likeness (QED) is 0.222. The van der Waals surface area contributed by atoms with Crippen LogP contribution in [0.25, 0.3) is 6.08 Å². The summed E-state index contributed by atoms with van der Waals surface area (Å²) in [5, 5.41) is 16.9. The van der Waals surface area contributed by atoms with Crippen molar-refractivity contribution in [2.24, 2.45) is 5.10 Å². The minimum Gasteiger partial charge on any atom is -0.502 e. The first kappa shape index (κ1) is 27.1. The van der Waals surface area contributed by atoms with E-state index in [0.29, 0.717) is 11.1 Å². The Kier molecular flexibility index (Phi) is 9.12. The van der Waals surface area contributed by atoms with Crippen LogP contribution < -0.4 is 25.1 Å². The summed E-state index contributed by atoms with van der Waals surface area (Å²) in [4.78, 5) is 27.8. The zero-order valence-corrected chi connectivity index (χ0v) is 21.5. The number of phenolic OH excluding ortho intramolecular Hbond substituents is 1. The van der Waals surface area contributed by atoms with Gasteiger partial charge in [-0.15, -0.1) is 0 Å². The van der Waals surface area contributed by atoms with Gasteiger partial charge >= 0.3 is 0 Å². The molecular formula is C27H27ClN4O5. The average Bonchev–Trinajstić information content (AvgIpc) is 2.89. The van der Waals surface area contributed by atoms with Crippen LogP contribution in [0.4, 0.5) is 5.69 Å². The molecule has 0 fully saturated rings. The molecule has 0 bridgehead atoms. The number of aromatic hydroxyl groups is 1. The molecule has 0 aliphatic rings. The number of hydrogen-bond acceptors (Lipinski definition) is 7. The Morgan fingerprint density at radius 2 is 1.59 bits per heavy atom.